The summed E-state index contributed by atoms with van der Waals surface area (Å²) in [5, 5.41) is 2.40. The number of nitrogens with one attached hydrogen (secondary N) is 1. The normalized spacial score (nSPS) is 25.2. The number of cyclic esters (lactones) is 1. The molecule has 0 bridgehead atoms. The molecule has 2 aliphatic rings. The lowest BCUT2D eigenvalue weighted by Gasteiger charge is -2.23. The first-order chi connectivity index (χ1) is 17.2. The van der Waals surface area contributed by atoms with E-state index in [1.54, 1.807) is 24.3 Å². The number of rotatable bonds is 3. The van der Waals surface area contributed by atoms with Crippen LogP contribution in [0.3, 0.4) is 0 Å². The molecule has 8 heteroatoms. The largest absolute Gasteiger partial charge is 0.461 e. The van der Waals surface area contributed by atoms with E-state index in [1.807, 2.05) is 12.1 Å². The van der Waals surface area contributed by atoms with Crippen molar-refractivity contribution in [1.82, 2.24) is 10.2 Å². The molecule has 1 N–H and O–H groups in total. The van der Waals surface area contributed by atoms with Gasteiger partial charge in [0, 0.05) is 17.5 Å². The summed E-state index contributed by atoms with van der Waals surface area (Å²) in [4.78, 5) is 42.1. The fourth-order valence-electron chi connectivity index (χ4n) is 3.50. The number of benzene rings is 1. The van der Waals surface area contributed by atoms with Gasteiger partial charge in [-0.1, -0.05) is 42.5 Å². The van der Waals surface area contributed by atoms with Gasteiger partial charge in [0.25, 0.3) is 0 Å². The molecule has 1 unspecified atom stereocenters. The highest BCUT2D eigenvalue weighted by Gasteiger charge is 2.34. The van der Waals surface area contributed by atoms with Crippen molar-refractivity contribution < 1.29 is 28.0 Å². The Kier molecular flexibility index (Phi) is 7.91. The Labute approximate surface area is 199 Å². The summed E-state index contributed by atoms with van der Waals surface area (Å²) in [6.45, 7) is -3.67. The molecular weight excluding hydrogens is 422 g/mol. The summed E-state index contributed by atoms with van der Waals surface area (Å²) in [6.07, 6.45) is 8.29. The number of carbonyl (C=O) groups excluding carboxylic acids is 3. The number of allylic oxidation sites excluding steroid dienone is 2. The highest BCUT2D eigenvalue weighted by Crippen LogP contribution is 2.36. The van der Waals surface area contributed by atoms with Gasteiger partial charge in [0.1, 0.15) is 19.3 Å². The van der Waals surface area contributed by atoms with Gasteiger partial charge in [0.05, 0.1) is 0 Å². The van der Waals surface area contributed by atoms with Crippen LogP contribution in [0.1, 0.15) is 61.0 Å². The third kappa shape index (κ3) is 9.08. The van der Waals surface area contributed by atoms with Crippen LogP contribution in [-0.4, -0.2) is 48.5 Å². The summed E-state index contributed by atoms with van der Waals surface area (Å²) >= 11 is 0. The van der Waals surface area contributed by atoms with E-state index in [0.717, 1.165) is 25.7 Å². The number of hydrogen-bond donors (Lipinski definition) is 1. The molecule has 8 nitrogen and oxygen atoms in total. The second-order valence-electron chi connectivity index (χ2n) is 8.27. The quantitative estimate of drug-likeness (QED) is 0.544. The predicted molar refractivity (Wildman–Crippen MR) is 124 cm³/mol. The fraction of sp³-hybridized carbons (Fsp3) is 0.520. The van der Waals surface area contributed by atoms with Crippen molar-refractivity contribution in [1.29, 1.82) is 0 Å². The van der Waals surface area contributed by atoms with Crippen LogP contribution in [0.15, 0.2) is 47.5 Å². The third-order valence-corrected chi connectivity index (χ3v) is 5.43. The van der Waals surface area contributed by atoms with E-state index in [0.29, 0.717) is 29.7 Å². The van der Waals surface area contributed by atoms with Gasteiger partial charge in [-0.05, 0) is 56.4 Å². The SMILES string of the molecule is [2H]C([2H])([2H])N1CC(=O)OC(C2CC2)CCC/C=C\CCCC(=O)N/C1=N/C(=O)OCc1ccccc1. The van der Waals surface area contributed by atoms with Crippen molar-refractivity contribution in [3.8, 4) is 0 Å². The zero-order valence-electron chi connectivity index (χ0n) is 21.7. The number of aliphatic imine (C=N–C) groups is 1. The average molecular weight is 459 g/mol. The Morgan fingerprint density at radius 1 is 1.18 bits per heavy atom. The Hall–Kier alpha value is -3.16. The lowest BCUT2D eigenvalue weighted by molar-refractivity contribution is -0.150. The van der Waals surface area contributed by atoms with Gasteiger partial charge in [-0.3, -0.25) is 14.9 Å². The van der Waals surface area contributed by atoms with E-state index in [4.69, 9.17) is 13.6 Å². The van der Waals surface area contributed by atoms with E-state index < -0.39 is 37.4 Å². The molecule has 0 radical (unpaired) electrons. The van der Waals surface area contributed by atoms with E-state index in [9.17, 15) is 14.4 Å². The van der Waals surface area contributed by atoms with E-state index >= 15 is 0 Å². The highest BCUT2D eigenvalue weighted by atomic mass is 16.5. The van der Waals surface area contributed by atoms with Gasteiger partial charge in [0.2, 0.25) is 11.9 Å². The zero-order chi connectivity index (χ0) is 26.0. The topological polar surface area (TPSA) is 97.3 Å². The molecule has 1 aromatic rings. The van der Waals surface area contributed by atoms with Crippen LogP contribution in [0.5, 0.6) is 0 Å². The monoisotopic (exact) mass is 458 g/mol. The van der Waals surface area contributed by atoms with Gasteiger partial charge < -0.3 is 14.4 Å². The molecule has 1 heterocycles. The van der Waals surface area contributed by atoms with Crippen LogP contribution < -0.4 is 5.32 Å². The molecule has 0 spiro atoms. The molecule has 2 amide bonds. The summed E-state index contributed by atoms with van der Waals surface area (Å²) in [5.74, 6) is -1.58. The predicted octanol–water partition coefficient (Wildman–Crippen LogP) is 3.96. The Bertz CT molecular complexity index is 961. The van der Waals surface area contributed by atoms with Crippen molar-refractivity contribution in [3.05, 3.63) is 48.0 Å². The van der Waals surface area contributed by atoms with Crippen molar-refractivity contribution in [3.63, 3.8) is 0 Å². The van der Waals surface area contributed by atoms with Crippen LogP contribution in [0.4, 0.5) is 4.79 Å². The number of carbonyl (C=O) groups is 3. The molecule has 1 atom stereocenters. The lowest BCUT2D eigenvalue weighted by Crippen LogP contribution is -2.45. The molecule has 1 aliphatic heterocycles. The van der Waals surface area contributed by atoms with Crippen LogP contribution in [-0.2, 0) is 25.7 Å². The minimum absolute atomic E-state index is 0.0877. The van der Waals surface area contributed by atoms with Gasteiger partial charge in [-0.15, -0.1) is 4.99 Å². The third-order valence-electron chi connectivity index (χ3n) is 5.43. The second-order valence-corrected chi connectivity index (χ2v) is 8.27. The van der Waals surface area contributed by atoms with Crippen LogP contribution in [0.25, 0.3) is 0 Å². The molecule has 0 aromatic heterocycles. The Balaban J connectivity index is 1.81. The van der Waals surface area contributed by atoms with Crippen molar-refractivity contribution in [2.45, 2.75) is 64.1 Å². The molecule has 1 saturated carbocycles. The first-order valence-electron chi connectivity index (χ1n) is 12.9. The molecule has 178 valence electrons. The van der Waals surface area contributed by atoms with Gasteiger partial charge in [-0.25, -0.2) is 4.79 Å². The standard InChI is InChI=1S/C25H33N3O5/c1-28-17-23(30)33-21(20-15-16-20)13-9-4-2-3-5-10-14-22(29)26-24(28)27-25(31)32-18-19-11-7-6-8-12-19/h2-3,6-8,11-12,20-21H,4-5,9-10,13-18H2,1H3,(H,26,27,29,31)/b3-2-/i1D3. The van der Waals surface area contributed by atoms with Crippen LogP contribution in [0.2, 0.25) is 0 Å². The minimum Gasteiger partial charge on any atom is -0.461 e. The maximum absolute atomic E-state index is 12.8. The number of nitrogens with zero attached hydrogens (tertiary/aromatic N) is 2. The maximum Gasteiger partial charge on any atom is 0.437 e. The minimum atomic E-state index is -2.88. The van der Waals surface area contributed by atoms with Crippen molar-refractivity contribution in [2.24, 2.45) is 10.9 Å². The zero-order valence-corrected chi connectivity index (χ0v) is 18.7. The molecule has 1 fully saturated rings. The van der Waals surface area contributed by atoms with Crippen LogP contribution >= 0.6 is 0 Å². The number of likely N-dealkylation sites (N-methyl/N-ethyl adjacent to an activating group) is 1. The molecular formula is C25H33N3O5. The van der Waals surface area contributed by atoms with E-state index in [-0.39, 0.29) is 25.0 Å². The lowest BCUT2D eigenvalue weighted by atomic mass is 10.1. The first kappa shape index (κ1) is 20.4. The smallest absolute Gasteiger partial charge is 0.437 e. The highest BCUT2D eigenvalue weighted by molar-refractivity contribution is 6.01. The summed E-state index contributed by atoms with van der Waals surface area (Å²) in [7, 11) is 0. The van der Waals surface area contributed by atoms with Crippen LogP contribution in [0, 0.1) is 5.92 Å². The summed E-state index contributed by atoms with van der Waals surface area (Å²) in [5.41, 5.74) is 0.712. The second kappa shape index (κ2) is 12.8. The van der Waals surface area contributed by atoms with E-state index in [1.165, 1.54) is 0 Å². The number of guanidine groups is 1. The molecule has 33 heavy (non-hydrogen) atoms. The van der Waals surface area contributed by atoms with Gasteiger partial charge in [-0.2, -0.15) is 0 Å². The number of hydrogen-bond acceptors (Lipinski definition) is 5. The molecule has 3 rings (SSSR count). The van der Waals surface area contributed by atoms with Gasteiger partial charge in [0.15, 0.2) is 0 Å². The van der Waals surface area contributed by atoms with Gasteiger partial charge >= 0.3 is 12.1 Å². The number of esters is 1. The first-order valence-corrected chi connectivity index (χ1v) is 11.4. The summed E-state index contributed by atoms with van der Waals surface area (Å²) < 4.78 is 34.6. The van der Waals surface area contributed by atoms with Crippen molar-refractivity contribution >= 4 is 23.9 Å². The molecule has 0 saturated heterocycles. The fourth-order valence-corrected chi connectivity index (χ4v) is 3.50. The molecule has 1 aromatic carbocycles. The van der Waals surface area contributed by atoms with Crippen molar-refractivity contribution in [2.75, 3.05) is 13.5 Å². The van der Waals surface area contributed by atoms with E-state index in [2.05, 4.69) is 16.4 Å². The number of ether oxygens (including phenoxy) is 2. The maximum atomic E-state index is 12.8. The average Bonchev–Trinajstić information content (AvgIpc) is 3.66. The molecule has 1 aliphatic carbocycles. The number of amides is 2. The Morgan fingerprint density at radius 2 is 1.94 bits per heavy atom. The summed E-state index contributed by atoms with van der Waals surface area (Å²) in [6, 6.07) is 8.89. The Morgan fingerprint density at radius 3 is 2.67 bits per heavy atom.